The van der Waals surface area contributed by atoms with Gasteiger partial charge in [0.25, 0.3) is 0 Å². The first-order chi connectivity index (χ1) is 10.7. The molecule has 0 saturated carbocycles. The number of rotatable bonds is 6. The van der Waals surface area contributed by atoms with E-state index in [4.69, 9.17) is 9.47 Å². The molecule has 0 N–H and O–H groups in total. The van der Waals surface area contributed by atoms with Crippen molar-refractivity contribution in [1.82, 2.24) is 4.90 Å². The van der Waals surface area contributed by atoms with E-state index in [1.54, 1.807) is 13.2 Å². The Kier molecular flexibility index (Phi) is 6.46. The maximum Gasteiger partial charge on any atom is 0.331 e. The van der Waals surface area contributed by atoms with Crippen molar-refractivity contribution >= 4 is 12.0 Å². The lowest BCUT2D eigenvalue weighted by molar-refractivity contribution is -0.143. The zero-order chi connectivity index (χ0) is 15.8. The molecule has 1 fully saturated rings. The van der Waals surface area contributed by atoms with Gasteiger partial charge in [-0.15, -0.1) is 0 Å². The van der Waals surface area contributed by atoms with Gasteiger partial charge in [-0.2, -0.15) is 0 Å². The molecule has 120 valence electrons. The van der Waals surface area contributed by atoms with Crippen LogP contribution in [0.15, 0.2) is 30.3 Å². The first-order valence-electron chi connectivity index (χ1n) is 7.92. The Bertz CT molecular complexity index is 490. The minimum atomic E-state index is -0.291. The van der Waals surface area contributed by atoms with Crippen molar-refractivity contribution in [3.05, 3.63) is 35.9 Å². The Morgan fingerprint density at radius 1 is 1.23 bits per heavy atom. The normalized spacial score (nSPS) is 17.4. The standard InChI is InChI=1S/C18H25NO3/c1-15(14-19-12-4-3-5-13-19)22-18(20)11-8-16-6-9-17(21-2)10-7-16/h6-11,15H,3-5,12-14H2,1-2H3/b11-8-/t15-/m0/s1. The first kappa shape index (κ1) is 16.6. The number of benzene rings is 1. The molecule has 1 atom stereocenters. The highest BCUT2D eigenvalue weighted by molar-refractivity contribution is 5.87. The lowest BCUT2D eigenvalue weighted by Crippen LogP contribution is -2.36. The van der Waals surface area contributed by atoms with Gasteiger partial charge in [0.2, 0.25) is 0 Å². The van der Waals surface area contributed by atoms with E-state index in [1.165, 1.54) is 25.3 Å². The number of methoxy groups -OCH3 is 1. The van der Waals surface area contributed by atoms with E-state index in [-0.39, 0.29) is 12.1 Å². The third-order valence-corrected chi connectivity index (χ3v) is 3.81. The Labute approximate surface area is 132 Å². The highest BCUT2D eigenvalue weighted by Crippen LogP contribution is 2.13. The van der Waals surface area contributed by atoms with Crippen molar-refractivity contribution in [3.8, 4) is 5.75 Å². The van der Waals surface area contributed by atoms with E-state index in [1.807, 2.05) is 31.2 Å². The van der Waals surface area contributed by atoms with E-state index in [9.17, 15) is 4.79 Å². The molecule has 0 unspecified atom stereocenters. The molecular weight excluding hydrogens is 278 g/mol. The van der Waals surface area contributed by atoms with Crippen LogP contribution >= 0.6 is 0 Å². The monoisotopic (exact) mass is 303 g/mol. The Morgan fingerprint density at radius 2 is 1.91 bits per heavy atom. The molecule has 22 heavy (non-hydrogen) atoms. The molecule has 1 aliphatic heterocycles. The Balaban J connectivity index is 1.76. The molecule has 1 aromatic rings. The van der Waals surface area contributed by atoms with Gasteiger partial charge in [-0.3, -0.25) is 4.90 Å². The van der Waals surface area contributed by atoms with Crippen molar-refractivity contribution in [3.63, 3.8) is 0 Å². The molecular formula is C18H25NO3. The van der Waals surface area contributed by atoms with E-state index in [2.05, 4.69) is 4.90 Å². The number of hydrogen-bond acceptors (Lipinski definition) is 4. The second kappa shape index (κ2) is 8.59. The molecule has 0 amide bonds. The van der Waals surface area contributed by atoms with Crippen molar-refractivity contribution in [2.75, 3.05) is 26.7 Å². The molecule has 1 aromatic carbocycles. The number of carbonyl (C=O) groups is 1. The number of likely N-dealkylation sites (tertiary alicyclic amines) is 1. The fourth-order valence-corrected chi connectivity index (χ4v) is 2.66. The van der Waals surface area contributed by atoms with Crippen LogP contribution in [0.5, 0.6) is 5.75 Å². The Morgan fingerprint density at radius 3 is 2.55 bits per heavy atom. The first-order valence-corrected chi connectivity index (χ1v) is 7.92. The molecule has 4 nitrogen and oxygen atoms in total. The predicted octanol–water partition coefficient (Wildman–Crippen LogP) is 3.13. The van der Waals surface area contributed by atoms with Gasteiger partial charge in [-0.25, -0.2) is 4.79 Å². The minimum absolute atomic E-state index is 0.0777. The fourth-order valence-electron chi connectivity index (χ4n) is 2.66. The number of nitrogens with zero attached hydrogens (tertiary/aromatic N) is 1. The topological polar surface area (TPSA) is 38.8 Å². The smallest absolute Gasteiger partial charge is 0.331 e. The van der Waals surface area contributed by atoms with Crippen LogP contribution in [0.3, 0.4) is 0 Å². The largest absolute Gasteiger partial charge is 0.497 e. The molecule has 0 spiro atoms. The number of ether oxygens (including phenoxy) is 2. The van der Waals surface area contributed by atoms with Crippen LogP contribution in [0, 0.1) is 0 Å². The van der Waals surface area contributed by atoms with Gasteiger partial charge in [0.1, 0.15) is 11.9 Å². The highest BCUT2D eigenvalue weighted by atomic mass is 16.5. The maximum absolute atomic E-state index is 11.8. The maximum atomic E-state index is 11.8. The van der Waals surface area contributed by atoms with Crippen LogP contribution in [-0.2, 0) is 9.53 Å². The van der Waals surface area contributed by atoms with Crippen LogP contribution in [0.4, 0.5) is 0 Å². The van der Waals surface area contributed by atoms with Crippen molar-refractivity contribution in [2.24, 2.45) is 0 Å². The van der Waals surface area contributed by atoms with Gasteiger partial charge in [-0.1, -0.05) is 18.6 Å². The second-order valence-electron chi connectivity index (χ2n) is 5.72. The summed E-state index contributed by atoms with van der Waals surface area (Å²) in [7, 11) is 1.63. The van der Waals surface area contributed by atoms with Crippen molar-refractivity contribution in [2.45, 2.75) is 32.3 Å². The summed E-state index contributed by atoms with van der Waals surface area (Å²) in [6, 6.07) is 7.54. The quantitative estimate of drug-likeness (QED) is 0.598. The summed E-state index contributed by atoms with van der Waals surface area (Å²) >= 11 is 0. The summed E-state index contributed by atoms with van der Waals surface area (Å²) in [5.74, 6) is 0.509. The van der Waals surface area contributed by atoms with E-state index in [0.717, 1.165) is 30.9 Å². The highest BCUT2D eigenvalue weighted by Gasteiger charge is 2.15. The molecule has 1 saturated heterocycles. The zero-order valence-electron chi connectivity index (χ0n) is 13.5. The van der Waals surface area contributed by atoms with Crippen LogP contribution in [-0.4, -0.2) is 43.7 Å². The lowest BCUT2D eigenvalue weighted by Gasteiger charge is -2.28. The van der Waals surface area contributed by atoms with Gasteiger partial charge in [0, 0.05) is 12.6 Å². The van der Waals surface area contributed by atoms with E-state index >= 15 is 0 Å². The van der Waals surface area contributed by atoms with Crippen molar-refractivity contribution in [1.29, 1.82) is 0 Å². The molecule has 1 heterocycles. The van der Waals surface area contributed by atoms with E-state index < -0.39 is 0 Å². The predicted molar refractivity (Wildman–Crippen MR) is 87.9 cm³/mol. The Hall–Kier alpha value is -1.81. The second-order valence-corrected chi connectivity index (χ2v) is 5.72. The molecule has 0 aromatic heterocycles. The van der Waals surface area contributed by atoms with Gasteiger partial charge >= 0.3 is 5.97 Å². The fraction of sp³-hybridized carbons (Fsp3) is 0.500. The summed E-state index contributed by atoms with van der Waals surface area (Å²) in [5.41, 5.74) is 0.946. The summed E-state index contributed by atoms with van der Waals surface area (Å²) in [5, 5.41) is 0. The zero-order valence-corrected chi connectivity index (χ0v) is 13.5. The average Bonchev–Trinajstić information content (AvgIpc) is 2.54. The van der Waals surface area contributed by atoms with Gasteiger partial charge < -0.3 is 9.47 Å². The van der Waals surface area contributed by atoms with E-state index in [0.29, 0.717) is 0 Å². The molecule has 1 aliphatic rings. The van der Waals surface area contributed by atoms with Gasteiger partial charge in [-0.05, 0) is 56.6 Å². The van der Waals surface area contributed by atoms with Gasteiger partial charge in [0.15, 0.2) is 0 Å². The number of carbonyl (C=O) groups excluding carboxylic acids is 1. The van der Waals surface area contributed by atoms with Crippen LogP contribution in [0.2, 0.25) is 0 Å². The molecule has 2 rings (SSSR count). The van der Waals surface area contributed by atoms with Crippen LogP contribution in [0.25, 0.3) is 6.08 Å². The molecule has 0 radical (unpaired) electrons. The third kappa shape index (κ3) is 5.53. The summed E-state index contributed by atoms with van der Waals surface area (Å²) in [6.45, 7) is 5.00. The number of piperidine rings is 1. The summed E-state index contributed by atoms with van der Waals surface area (Å²) in [6.07, 6.45) is 6.97. The summed E-state index contributed by atoms with van der Waals surface area (Å²) in [4.78, 5) is 14.2. The van der Waals surface area contributed by atoms with Crippen molar-refractivity contribution < 1.29 is 14.3 Å². The lowest BCUT2D eigenvalue weighted by atomic mass is 10.1. The van der Waals surface area contributed by atoms with Gasteiger partial charge in [0.05, 0.1) is 7.11 Å². The molecule has 4 heteroatoms. The van der Waals surface area contributed by atoms with Crippen LogP contribution < -0.4 is 4.74 Å². The SMILES string of the molecule is COc1ccc(/C=C\C(=O)O[C@@H](C)CN2CCCCC2)cc1. The number of esters is 1. The minimum Gasteiger partial charge on any atom is -0.497 e. The molecule has 0 bridgehead atoms. The number of hydrogen-bond donors (Lipinski definition) is 0. The average molecular weight is 303 g/mol. The summed E-state index contributed by atoms with van der Waals surface area (Å²) < 4.78 is 10.5. The van der Waals surface area contributed by atoms with Crippen LogP contribution in [0.1, 0.15) is 31.7 Å². The third-order valence-electron chi connectivity index (χ3n) is 3.81. The molecule has 0 aliphatic carbocycles.